The van der Waals surface area contributed by atoms with Crippen molar-refractivity contribution < 1.29 is 19.5 Å². The summed E-state index contributed by atoms with van der Waals surface area (Å²) in [6, 6.07) is 0. The number of amides is 1. The first-order chi connectivity index (χ1) is 7.19. The number of carboxylic acid groups (broad SMARTS) is 1. The normalized spacial score (nSPS) is 10.9. The Morgan fingerprint density at radius 2 is 2.53 bits per heavy atom. The molecular weight excluding hydrogens is 222 g/mol. The Balaban J connectivity index is 2.97. The Kier molecular flexibility index (Phi) is 3.75. The van der Waals surface area contributed by atoms with Crippen molar-refractivity contribution in [3.8, 4) is 0 Å². The van der Waals surface area contributed by atoms with Gasteiger partial charge in [0.15, 0.2) is 5.13 Å². The van der Waals surface area contributed by atoms with Crippen LogP contribution < -0.4 is 5.32 Å². The lowest BCUT2D eigenvalue weighted by Gasteiger charge is -1.94. The first kappa shape index (κ1) is 11.1. The summed E-state index contributed by atoms with van der Waals surface area (Å²) in [7, 11) is 1.24. The molecule has 0 aliphatic heterocycles. The Bertz CT molecular complexity index is 401. The fourth-order valence-electron chi connectivity index (χ4n) is 0.786. The summed E-state index contributed by atoms with van der Waals surface area (Å²) in [6.07, 6.45) is 0.455. The largest absolute Gasteiger partial charge is 0.476 e. The Labute approximate surface area is 88.4 Å². The quantitative estimate of drug-likeness (QED) is 0.425. The van der Waals surface area contributed by atoms with Crippen molar-refractivity contribution in [3.05, 3.63) is 11.1 Å². The third-order valence-electron chi connectivity index (χ3n) is 1.31. The van der Waals surface area contributed by atoms with E-state index in [4.69, 9.17) is 5.11 Å². The van der Waals surface area contributed by atoms with Crippen molar-refractivity contribution in [1.82, 2.24) is 4.98 Å². The van der Waals surface area contributed by atoms with Gasteiger partial charge in [0, 0.05) is 5.38 Å². The molecule has 0 spiro atoms. The first-order valence-corrected chi connectivity index (χ1v) is 4.57. The zero-order valence-electron chi connectivity index (χ0n) is 7.63. The van der Waals surface area contributed by atoms with Gasteiger partial charge >= 0.3 is 5.97 Å². The molecule has 15 heavy (non-hydrogen) atoms. The number of carbonyl (C=O) groups excluding carboxylic acids is 1. The number of aliphatic carboxylic acids is 1. The van der Waals surface area contributed by atoms with Crippen molar-refractivity contribution in [2.24, 2.45) is 5.16 Å². The van der Waals surface area contributed by atoms with Gasteiger partial charge in [0.1, 0.15) is 12.8 Å². The van der Waals surface area contributed by atoms with Gasteiger partial charge in [-0.25, -0.2) is 9.78 Å². The number of hydrogen-bond acceptors (Lipinski definition) is 6. The lowest BCUT2D eigenvalue weighted by molar-refractivity contribution is -0.129. The molecule has 0 radical (unpaired) electrons. The number of anilines is 1. The summed E-state index contributed by atoms with van der Waals surface area (Å²) in [5, 5.41) is 16.1. The van der Waals surface area contributed by atoms with Gasteiger partial charge in [-0.3, -0.25) is 4.79 Å². The van der Waals surface area contributed by atoms with Gasteiger partial charge in [-0.05, 0) is 0 Å². The molecule has 0 aliphatic rings. The van der Waals surface area contributed by atoms with Gasteiger partial charge in [-0.2, -0.15) is 0 Å². The van der Waals surface area contributed by atoms with Gasteiger partial charge in [-0.15, -0.1) is 11.3 Å². The molecule has 8 heteroatoms. The number of carbonyl (C=O) groups is 2. The topological polar surface area (TPSA) is 101 Å². The molecule has 1 rings (SSSR count). The SMILES string of the molecule is CON=C(C(=O)O)c1csc(NC=O)n1. The van der Waals surface area contributed by atoms with E-state index in [0.29, 0.717) is 11.5 Å². The molecule has 7 nitrogen and oxygen atoms in total. The molecule has 0 atom stereocenters. The van der Waals surface area contributed by atoms with E-state index in [2.05, 4.69) is 20.3 Å². The number of aromatic nitrogens is 1. The third kappa shape index (κ3) is 2.74. The highest BCUT2D eigenvalue weighted by molar-refractivity contribution is 7.14. The lowest BCUT2D eigenvalue weighted by Crippen LogP contribution is -2.15. The van der Waals surface area contributed by atoms with Crippen LogP contribution >= 0.6 is 11.3 Å². The van der Waals surface area contributed by atoms with E-state index in [1.165, 1.54) is 12.5 Å². The van der Waals surface area contributed by atoms with Gasteiger partial charge in [-0.1, -0.05) is 5.16 Å². The monoisotopic (exact) mass is 229 g/mol. The fourth-order valence-corrected chi connectivity index (χ4v) is 1.44. The Morgan fingerprint density at radius 1 is 1.80 bits per heavy atom. The van der Waals surface area contributed by atoms with Gasteiger partial charge < -0.3 is 15.3 Å². The highest BCUT2D eigenvalue weighted by atomic mass is 32.1. The highest BCUT2D eigenvalue weighted by Crippen LogP contribution is 2.15. The second-order valence-corrected chi connectivity index (χ2v) is 3.09. The zero-order chi connectivity index (χ0) is 11.3. The highest BCUT2D eigenvalue weighted by Gasteiger charge is 2.17. The minimum Gasteiger partial charge on any atom is -0.476 e. The molecule has 0 aromatic carbocycles. The molecule has 1 amide bonds. The van der Waals surface area contributed by atoms with Crippen molar-refractivity contribution in [3.63, 3.8) is 0 Å². The average Bonchev–Trinajstić information content (AvgIpc) is 2.62. The maximum absolute atomic E-state index is 10.7. The lowest BCUT2D eigenvalue weighted by atomic mass is 10.3. The van der Waals surface area contributed by atoms with Gasteiger partial charge in [0.05, 0.1) is 0 Å². The van der Waals surface area contributed by atoms with E-state index in [9.17, 15) is 9.59 Å². The van der Waals surface area contributed by atoms with Crippen LogP contribution in [0.1, 0.15) is 5.69 Å². The third-order valence-corrected chi connectivity index (χ3v) is 2.09. The summed E-state index contributed by atoms with van der Waals surface area (Å²) >= 11 is 1.09. The van der Waals surface area contributed by atoms with Gasteiger partial charge in [0.25, 0.3) is 0 Å². The van der Waals surface area contributed by atoms with E-state index in [1.807, 2.05) is 0 Å². The molecule has 1 aromatic heterocycles. The number of hydrogen-bond donors (Lipinski definition) is 2. The van der Waals surface area contributed by atoms with Crippen LogP contribution in [0.15, 0.2) is 10.5 Å². The summed E-state index contributed by atoms with van der Waals surface area (Å²) < 4.78 is 0. The molecule has 2 N–H and O–H groups in total. The molecule has 0 saturated heterocycles. The predicted molar refractivity (Wildman–Crippen MR) is 53.0 cm³/mol. The number of carboxylic acids is 1. The number of nitrogens with one attached hydrogen (secondary N) is 1. The molecule has 80 valence electrons. The standard InChI is InChI=1S/C7H7N3O4S/c1-14-10-5(6(12)13)4-2-15-7(9-4)8-3-11/h2-3H,1H3,(H,12,13)(H,8,9,11). The molecule has 1 aromatic rings. The average molecular weight is 229 g/mol. The number of rotatable bonds is 5. The first-order valence-electron chi connectivity index (χ1n) is 3.69. The number of oxime groups is 1. The van der Waals surface area contributed by atoms with Crippen molar-refractivity contribution >= 4 is 34.6 Å². The predicted octanol–water partition coefficient (Wildman–Crippen LogP) is 0.147. The van der Waals surface area contributed by atoms with Crippen LogP contribution in [0.4, 0.5) is 5.13 Å². The summed E-state index contributed by atoms with van der Waals surface area (Å²) in [6.45, 7) is 0. The Morgan fingerprint density at radius 3 is 3.07 bits per heavy atom. The minimum absolute atomic E-state index is 0.138. The number of nitrogens with zero attached hydrogens (tertiary/aromatic N) is 2. The molecule has 0 saturated carbocycles. The smallest absolute Gasteiger partial charge is 0.360 e. The molecule has 0 unspecified atom stereocenters. The summed E-state index contributed by atoms with van der Waals surface area (Å²) in [4.78, 5) is 29.0. The molecule has 1 heterocycles. The molecule has 0 fully saturated rings. The van der Waals surface area contributed by atoms with Crippen molar-refractivity contribution in [2.45, 2.75) is 0 Å². The van der Waals surface area contributed by atoms with E-state index in [0.717, 1.165) is 11.3 Å². The molecular formula is C7H7N3O4S. The fraction of sp³-hybridized carbons (Fsp3) is 0.143. The minimum atomic E-state index is -1.25. The van der Waals surface area contributed by atoms with Crippen LogP contribution in [-0.2, 0) is 14.4 Å². The van der Waals surface area contributed by atoms with E-state index >= 15 is 0 Å². The molecule has 0 bridgehead atoms. The Hall–Kier alpha value is -1.96. The van der Waals surface area contributed by atoms with Crippen LogP contribution in [0.5, 0.6) is 0 Å². The van der Waals surface area contributed by atoms with Crippen LogP contribution in [-0.4, -0.2) is 35.3 Å². The number of thiazole rings is 1. The van der Waals surface area contributed by atoms with Crippen LogP contribution in [0.3, 0.4) is 0 Å². The van der Waals surface area contributed by atoms with Gasteiger partial charge in [0.2, 0.25) is 12.1 Å². The maximum atomic E-state index is 10.7. The second kappa shape index (κ2) is 5.05. The van der Waals surface area contributed by atoms with Crippen LogP contribution in [0, 0.1) is 0 Å². The summed E-state index contributed by atoms with van der Waals surface area (Å²) in [5.41, 5.74) is -0.175. The zero-order valence-corrected chi connectivity index (χ0v) is 8.45. The van der Waals surface area contributed by atoms with Crippen LogP contribution in [0.25, 0.3) is 0 Å². The van der Waals surface area contributed by atoms with E-state index < -0.39 is 5.97 Å². The molecule has 0 aliphatic carbocycles. The van der Waals surface area contributed by atoms with Crippen molar-refractivity contribution in [1.29, 1.82) is 0 Å². The van der Waals surface area contributed by atoms with Crippen LogP contribution in [0.2, 0.25) is 0 Å². The second-order valence-electron chi connectivity index (χ2n) is 2.23. The maximum Gasteiger partial charge on any atom is 0.360 e. The van der Waals surface area contributed by atoms with E-state index in [-0.39, 0.29) is 11.4 Å². The summed E-state index contributed by atoms with van der Waals surface area (Å²) in [5.74, 6) is -1.25. The van der Waals surface area contributed by atoms with E-state index in [1.54, 1.807) is 0 Å². The van der Waals surface area contributed by atoms with Crippen molar-refractivity contribution in [2.75, 3.05) is 12.4 Å².